The fourth-order valence-corrected chi connectivity index (χ4v) is 4.18. The topological polar surface area (TPSA) is 47.4 Å². The number of hydrogen-bond acceptors (Lipinski definition) is 4. The molecular weight excluding hydrogens is 346 g/mol. The molecular formula is C20H21N3O2S. The van der Waals surface area contributed by atoms with E-state index in [0.29, 0.717) is 0 Å². The van der Waals surface area contributed by atoms with Gasteiger partial charge in [-0.1, -0.05) is 18.2 Å². The lowest BCUT2D eigenvalue weighted by molar-refractivity contribution is 0.414. The molecule has 3 aromatic rings. The van der Waals surface area contributed by atoms with Crippen LogP contribution in [0.1, 0.15) is 0 Å². The van der Waals surface area contributed by atoms with Crippen molar-refractivity contribution in [3.63, 3.8) is 0 Å². The SMILES string of the molecule is COc1cccc(-n2cc(-c3ccc(N4CCS(=O)CC4)cc3)cn2)c1. The fourth-order valence-electron chi connectivity index (χ4n) is 3.13. The van der Waals surface area contributed by atoms with Gasteiger partial charge in [-0.05, 0) is 29.8 Å². The number of methoxy groups -OCH3 is 1. The zero-order valence-electron chi connectivity index (χ0n) is 14.7. The third-order valence-corrected chi connectivity index (χ3v) is 5.92. The van der Waals surface area contributed by atoms with Gasteiger partial charge in [0.05, 0.1) is 19.0 Å². The summed E-state index contributed by atoms with van der Waals surface area (Å²) < 4.78 is 18.6. The molecule has 6 heteroatoms. The van der Waals surface area contributed by atoms with Crippen molar-refractivity contribution in [3.8, 4) is 22.6 Å². The van der Waals surface area contributed by atoms with E-state index in [2.05, 4.69) is 34.3 Å². The molecule has 0 N–H and O–H groups in total. The smallest absolute Gasteiger partial charge is 0.121 e. The summed E-state index contributed by atoms with van der Waals surface area (Å²) in [5.41, 5.74) is 4.35. The highest BCUT2D eigenvalue weighted by atomic mass is 32.2. The Kier molecular flexibility index (Phi) is 4.75. The zero-order valence-corrected chi connectivity index (χ0v) is 15.5. The first-order chi connectivity index (χ1) is 12.7. The summed E-state index contributed by atoms with van der Waals surface area (Å²) in [5, 5.41) is 4.48. The first-order valence-corrected chi connectivity index (χ1v) is 10.1. The summed E-state index contributed by atoms with van der Waals surface area (Å²) in [7, 11) is 1.01. The highest BCUT2D eigenvalue weighted by molar-refractivity contribution is 7.85. The Bertz CT molecular complexity index is 911. The molecule has 0 atom stereocenters. The lowest BCUT2D eigenvalue weighted by Crippen LogP contribution is -2.37. The highest BCUT2D eigenvalue weighted by Crippen LogP contribution is 2.25. The molecule has 134 valence electrons. The summed E-state index contributed by atoms with van der Waals surface area (Å²) in [6.07, 6.45) is 3.90. The Morgan fingerprint density at radius 2 is 1.77 bits per heavy atom. The molecule has 0 bridgehead atoms. The molecule has 1 saturated heterocycles. The van der Waals surface area contributed by atoms with E-state index in [-0.39, 0.29) is 0 Å². The van der Waals surface area contributed by atoms with Crippen LogP contribution >= 0.6 is 0 Å². The monoisotopic (exact) mass is 367 g/mol. The molecule has 0 unspecified atom stereocenters. The minimum Gasteiger partial charge on any atom is -0.497 e. The second-order valence-electron chi connectivity index (χ2n) is 6.26. The van der Waals surface area contributed by atoms with E-state index in [9.17, 15) is 4.21 Å². The van der Waals surface area contributed by atoms with Crippen LogP contribution in [0.4, 0.5) is 5.69 Å². The third-order valence-electron chi connectivity index (χ3n) is 4.64. The molecule has 0 radical (unpaired) electrons. The van der Waals surface area contributed by atoms with Gasteiger partial charge in [-0.25, -0.2) is 4.68 Å². The van der Waals surface area contributed by atoms with Crippen LogP contribution in [-0.2, 0) is 10.8 Å². The van der Waals surface area contributed by atoms with Gasteiger partial charge in [0.2, 0.25) is 0 Å². The summed E-state index contributed by atoms with van der Waals surface area (Å²) in [6.45, 7) is 1.72. The van der Waals surface area contributed by atoms with Crippen LogP contribution in [0, 0.1) is 0 Å². The van der Waals surface area contributed by atoms with Gasteiger partial charge in [0, 0.05) is 58.9 Å². The lowest BCUT2D eigenvalue weighted by atomic mass is 10.1. The maximum Gasteiger partial charge on any atom is 0.121 e. The third kappa shape index (κ3) is 3.51. The zero-order chi connectivity index (χ0) is 17.9. The molecule has 4 rings (SSSR count). The Balaban J connectivity index is 1.53. The average molecular weight is 367 g/mol. The van der Waals surface area contributed by atoms with Gasteiger partial charge in [-0.2, -0.15) is 5.10 Å². The second-order valence-corrected chi connectivity index (χ2v) is 7.95. The molecule has 26 heavy (non-hydrogen) atoms. The highest BCUT2D eigenvalue weighted by Gasteiger charge is 2.15. The molecule has 2 heterocycles. The Morgan fingerprint density at radius 1 is 1.00 bits per heavy atom. The van der Waals surface area contributed by atoms with E-state index in [4.69, 9.17) is 4.74 Å². The molecule has 1 aromatic heterocycles. The minimum absolute atomic E-state index is 0.648. The summed E-state index contributed by atoms with van der Waals surface area (Å²) in [6, 6.07) is 16.3. The van der Waals surface area contributed by atoms with E-state index < -0.39 is 10.8 Å². The number of hydrogen-bond donors (Lipinski definition) is 0. The molecule has 1 fully saturated rings. The van der Waals surface area contributed by atoms with Crippen molar-refractivity contribution in [1.29, 1.82) is 0 Å². The van der Waals surface area contributed by atoms with Crippen LogP contribution in [0.15, 0.2) is 60.9 Å². The predicted molar refractivity (Wildman–Crippen MR) is 106 cm³/mol. The van der Waals surface area contributed by atoms with E-state index in [1.807, 2.05) is 41.3 Å². The second kappa shape index (κ2) is 7.33. The van der Waals surface area contributed by atoms with Crippen molar-refractivity contribution in [2.45, 2.75) is 0 Å². The standard InChI is InChI=1S/C20H21N3O2S/c1-25-20-4-2-3-19(13-20)23-15-17(14-21-23)16-5-7-18(8-6-16)22-9-11-26(24)12-10-22/h2-8,13-15H,9-12H2,1H3. The Hall–Kier alpha value is -2.60. The Morgan fingerprint density at radius 3 is 2.50 bits per heavy atom. The number of ether oxygens (including phenoxy) is 1. The summed E-state index contributed by atoms with van der Waals surface area (Å²) in [4.78, 5) is 2.30. The molecule has 0 amide bonds. The van der Waals surface area contributed by atoms with Crippen molar-refractivity contribution >= 4 is 16.5 Å². The number of rotatable bonds is 4. The van der Waals surface area contributed by atoms with Gasteiger partial charge in [0.25, 0.3) is 0 Å². The average Bonchev–Trinajstić information content (AvgIpc) is 3.19. The normalized spacial score (nSPS) is 15.2. The number of benzene rings is 2. The fraction of sp³-hybridized carbons (Fsp3) is 0.250. The van der Waals surface area contributed by atoms with Gasteiger partial charge >= 0.3 is 0 Å². The molecule has 0 saturated carbocycles. The van der Waals surface area contributed by atoms with Crippen LogP contribution in [-0.4, -0.2) is 45.7 Å². The van der Waals surface area contributed by atoms with Crippen LogP contribution in [0.5, 0.6) is 5.75 Å². The van der Waals surface area contributed by atoms with Gasteiger partial charge in [0.1, 0.15) is 5.75 Å². The molecule has 2 aromatic carbocycles. The maximum atomic E-state index is 11.5. The molecule has 1 aliphatic rings. The number of anilines is 1. The lowest BCUT2D eigenvalue weighted by Gasteiger charge is -2.28. The largest absolute Gasteiger partial charge is 0.497 e. The molecule has 1 aliphatic heterocycles. The molecule has 0 aliphatic carbocycles. The Labute approximate surface area is 155 Å². The van der Waals surface area contributed by atoms with Crippen molar-refractivity contribution in [3.05, 3.63) is 60.9 Å². The minimum atomic E-state index is -0.648. The molecule has 0 spiro atoms. The van der Waals surface area contributed by atoms with Crippen LogP contribution in [0.3, 0.4) is 0 Å². The predicted octanol–water partition coefficient (Wildman–Crippen LogP) is 3.12. The van der Waals surface area contributed by atoms with E-state index in [0.717, 1.165) is 47.2 Å². The summed E-state index contributed by atoms with van der Waals surface area (Å²) in [5.74, 6) is 2.33. The first-order valence-electron chi connectivity index (χ1n) is 8.62. The summed E-state index contributed by atoms with van der Waals surface area (Å²) >= 11 is 0. The van der Waals surface area contributed by atoms with Crippen molar-refractivity contribution in [2.24, 2.45) is 0 Å². The van der Waals surface area contributed by atoms with Crippen molar-refractivity contribution < 1.29 is 8.95 Å². The van der Waals surface area contributed by atoms with Crippen LogP contribution in [0.2, 0.25) is 0 Å². The van der Waals surface area contributed by atoms with Crippen LogP contribution in [0.25, 0.3) is 16.8 Å². The van der Waals surface area contributed by atoms with Crippen molar-refractivity contribution in [1.82, 2.24) is 9.78 Å². The van der Waals surface area contributed by atoms with Gasteiger partial charge in [-0.3, -0.25) is 4.21 Å². The van der Waals surface area contributed by atoms with Crippen LogP contribution < -0.4 is 9.64 Å². The van der Waals surface area contributed by atoms with Crippen molar-refractivity contribution in [2.75, 3.05) is 36.6 Å². The van der Waals surface area contributed by atoms with E-state index >= 15 is 0 Å². The quantitative estimate of drug-likeness (QED) is 0.711. The van der Waals surface area contributed by atoms with E-state index in [1.165, 1.54) is 5.69 Å². The number of aromatic nitrogens is 2. The first kappa shape index (κ1) is 16.8. The van der Waals surface area contributed by atoms with Gasteiger partial charge < -0.3 is 9.64 Å². The van der Waals surface area contributed by atoms with Gasteiger partial charge in [-0.15, -0.1) is 0 Å². The van der Waals surface area contributed by atoms with Gasteiger partial charge in [0.15, 0.2) is 0 Å². The number of nitrogens with zero attached hydrogens (tertiary/aromatic N) is 3. The van der Waals surface area contributed by atoms with E-state index in [1.54, 1.807) is 7.11 Å². The molecule has 5 nitrogen and oxygen atoms in total. The maximum absolute atomic E-state index is 11.5.